The minimum Gasteiger partial charge on any atom is -0.508 e. The highest BCUT2D eigenvalue weighted by molar-refractivity contribution is 5.75. The molecule has 0 saturated heterocycles. The number of halogens is 1. The molecule has 0 saturated carbocycles. The van der Waals surface area contributed by atoms with Gasteiger partial charge in [-0.15, -0.1) is 0 Å². The molecular weight excluding hydrogens is 261 g/mol. The Morgan fingerprint density at radius 3 is 2.40 bits per heavy atom. The molecule has 0 amide bonds. The van der Waals surface area contributed by atoms with Crippen LogP contribution in [-0.4, -0.2) is 16.2 Å². The van der Waals surface area contributed by atoms with Crippen LogP contribution in [0.3, 0.4) is 0 Å². The van der Waals surface area contributed by atoms with E-state index in [1.165, 1.54) is 30.3 Å². The van der Waals surface area contributed by atoms with Crippen molar-refractivity contribution in [2.24, 2.45) is 0 Å². The summed E-state index contributed by atoms with van der Waals surface area (Å²) in [6.07, 6.45) is 0. The van der Waals surface area contributed by atoms with Gasteiger partial charge in [-0.2, -0.15) is 0 Å². The summed E-state index contributed by atoms with van der Waals surface area (Å²) in [4.78, 5) is 11.3. The van der Waals surface area contributed by atoms with Crippen molar-refractivity contribution in [1.82, 2.24) is 5.32 Å². The number of hydrogen-bond acceptors (Lipinski definition) is 3. The molecule has 0 bridgehead atoms. The van der Waals surface area contributed by atoms with Gasteiger partial charge < -0.3 is 10.2 Å². The zero-order valence-electron chi connectivity index (χ0n) is 10.6. The maximum Gasteiger partial charge on any atom is 0.325 e. The van der Waals surface area contributed by atoms with Crippen molar-refractivity contribution in [3.63, 3.8) is 0 Å². The topological polar surface area (TPSA) is 69.6 Å². The van der Waals surface area contributed by atoms with E-state index < -0.39 is 12.0 Å². The third-order valence-corrected chi connectivity index (χ3v) is 2.93. The van der Waals surface area contributed by atoms with Crippen LogP contribution in [-0.2, 0) is 11.3 Å². The lowest BCUT2D eigenvalue weighted by atomic mass is 10.1. The minimum absolute atomic E-state index is 0.0620. The maximum atomic E-state index is 13.5. The highest BCUT2D eigenvalue weighted by Gasteiger charge is 2.19. The number of aromatic hydroxyl groups is 1. The molecule has 1 atom stereocenters. The summed E-state index contributed by atoms with van der Waals surface area (Å²) in [6.45, 7) is 0.102. The van der Waals surface area contributed by atoms with E-state index in [9.17, 15) is 19.4 Å². The molecule has 0 spiro atoms. The molecular formula is C15H14FNO3. The standard InChI is InChI=1S/C15H14FNO3/c16-13-4-2-1-3-11(13)9-17-14(15(19)20)10-5-7-12(18)8-6-10/h1-8,14,17-18H,9H2,(H,19,20)/t14-/m1/s1. The van der Waals surface area contributed by atoms with E-state index >= 15 is 0 Å². The Labute approximate surface area is 115 Å². The van der Waals surface area contributed by atoms with Crippen molar-refractivity contribution in [3.8, 4) is 5.75 Å². The summed E-state index contributed by atoms with van der Waals surface area (Å²) in [7, 11) is 0. The lowest BCUT2D eigenvalue weighted by Gasteiger charge is -2.15. The second kappa shape index (κ2) is 6.16. The fourth-order valence-electron chi connectivity index (χ4n) is 1.87. The van der Waals surface area contributed by atoms with Crippen LogP contribution < -0.4 is 5.32 Å². The molecule has 0 unspecified atom stereocenters. The van der Waals surface area contributed by atoms with Gasteiger partial charge in [0.1, 0.15) is 17.6 Å². The number of phenolic OH excluding ortho intramolecular Hbond substituents is 1. The predicted octanol–water partition coefficient (Wildman–Crippen LogP) is 2.45. The highest BCUT2D eigenvalue weighted by Crippen LogP contribution is 2.18. The van der Waals surface area contributed by atoms with E-state index in [0.29, 0.717) is 11.1 Å². The van der Waals surface area contributed by atoms with Gasteiger partial charge in [0.2, 0.25) is 0 Å². The van der Waals surface area contributed by atoms with Gasteiger partial charge in [-0.05, 0) is 23.8 Å². The van der Waals surface area contributed by atoms with E-state index in [-0.39, 0.29) is 18.1 Å². The molecule has 0 aromatic heterocycles. The minimum atomic E-state index is -1.06. The van der Waals surface area contributed by atoms with Gasteiger partial charge >= 0.3 is 5.97 Å². The normalized spacial score (nSPS) is 12.1. The van der Waals surface area contributed by atoms with Gasteiger partial charge in [0.25, 0.3) is 0 Å². The van der Waals surface area contributed by atoms with Crippen molar-refractivity contribution in [2.45, 2.75) is 12.6 Å². The summed E-state index contributed by atoms with van der Waals surface area (Å²) in [6, 6.07) is 11.1. The van der Waals surface area contributed by atoms with Crippen molar-refractivity contribution in [2.75, 3.05) is 0 Å². The average molecular weight is 275 g/mol. The zero-order valence-corrected chi connectivity index (χ0v) is 10.6. The fourth-order valence-corrected chi connectivity index (χ4v) is 1.87. The molecule has 104 valence electrons. The van der Waals surface area contributed by atoms with Crippen molar-refractivity contribution in [1.29, 1.82) is 0 Å². The predicted molar refractivity (Wildman–Crippen MR) is 71.7 cm³/mol. The smallest absolute Gasteiger partial charge is 0.325 e. The molecule has 2 aromatic carbocycles. The summed E-state index contributed by atoms with van der Waals surface area (Å²) in [5.41, 5.74) is 0.893. The second-order valence-electron chi connectivity index (χ2n) is 4.34. The number of carboxylic acids is 1. The maximum absolute atomic E-state index is 13.5. The molecule has 0 radical (unpaired) electrons. The number of carbonyl (C=O) groups is 1. The monoisotopic (exact) mass is 275 g/mol. The van der Waals surface area contributed by atoms with Crippen LogP contribution in [0.5, 0.6) is 5.75 Å². The van der Waals surface area contributed by atoms with E-state index in [0.717, 1.165) is 0 Å². The lowest BCUT2D eigenvalue weighted by molar-refractivity contribution is -0.139. The first-order chi connectivity index (χ1) is 9.58. The van der Waals surface area contributed by atoms with E-state index in [4.69, 9.17) is 0 Å². The highest BCUT2D eigenvalue weighted by atomic mass is 19.1. The van der Waals surface area contributed by atoms with Crippen LogP contribution in [0.15, 0.2) is 48.5 Å². The van der Waals surface area contributed by atoms with Gasteiger partial charge in [0.15, 0.2) is 0 Å². The van der Waals surface area contributed by atoms with Crippen LogP contribution in [0, 0.1) is 5.82 Å². The first-order valence-corrected chi connectivity index (χ1v) is 6.06. The molecule has 2 rings (SSSR count). The van der Waals surface area contributed by atoms with Crippen LogP contribution >= 0.6 is 0 Å². The molecule has 4 nitrogen and oxygen atoms in total. The van der Waals surface area contributed by atoms with Crippen molar-refractivity contribution in [3.05, 3.63) is 65.5 Å². The summed E-state index contributed by atoms with van der Waals surface area (Å²) in [5.74, 6) is -1.38. The second-order valence-corrected chi connectivity index (χ2v) is 4.34. The van der Waals surface area contributed by atoms with Crippen LogP contribution in [0.4, 0.5) is 4.39 Å². The first kappa shape index (κ1) is 14.0. The molecule has 0 heterocycles. The lowest BCUT2D eigenvalue weighted by Crippen LogP contribution is -2.28. The number of hydrogen-bond donors (Lipinski definition) is 3. The third kappa shape index (κ3) is 3.33. The third-order valence-electron chi connectivity index (χ3n) is 2.93. The first-order valence-electron chi connectivity index (χ1n) is 6.06. The molecule has 2 aromatic rings. The fraction of sp³-hybridized carbons (Fsp3) is 0.133. The Balaban J connectivity index is 2.13. The summed E-state index contributed by atoms with van der Waals surface area (Å²) >= 11 is 0. The molecule has 0 aliphatic carbocycles. The van der Waals surface area contributed by atoms with Gasteiger partial charge in [0, 0.05) is 12.1 Å². The molecule has 3 N–H and O–H groups in total. The van der Waals surface area contributed by atoms with Crippen LogP contribution in [0.25, 0.3) is 0 Å². The van der Waals surface area contributed by atoms with E-state index in [2.05, 4.69) is 5.32 Å². The summed E-state index contributed by atoms with van der Waals surface area (Å²) in [5, 5.41) is 21.2. The quantitative estimate of drug-likeness (QED) is 0.784. The Morgan fingerprint density at radius 1 is 1.15 bits per heavy atom. The Hall–Kier alpha value is -2.40. The number of carboxylic acid groups (broad SMARTS) is 1. The van der Waals surface area contributed by atoms with Gasteiger partial charge in [-0.1, -0.05) is 30.3 Å². The number of benzene rings is 2. The SMILES string of the molecule is O=C(O)[C@H](NCc1ccccc1F)c1ccc(O)cc1. The van der Waals surface area contributed by atoms with Crippen LogP contribution in [0.1, 0.15) is 17.2 Å². The van der Waals surface area contributed by atoms with E-state index in [1.807, 2.05) is 0 Å². The van der Waals surface area contributed by atoms with Crippen molar-refractivity contribution < 1.29 is 19.4 Å². The Morgan fingerprint density at radius 2 is 1.80 bits per heavy atom. The molecule has 0 aliphatic rings. The van der Waals surface area contributed by atoms with Crippen LogP contribution in [0.2, 0.25) is 0 Å². The Bertz CT molecular complexity index is 598. The van der Waals surface area contributed by atoms with Gasteiger partial charge in [0.05, 0.1) is 0 Å². The number of nitrogens with one attached hydrogen (secondary N) is 1. The number of aliphatic carboxylic acids is 1. The molecule has 20 heavy (non-hydrogen) atoms. The molecule has 0 fully saturated rings. The average Bonchev–Trinajstić information content (AvgIpc) is 2.42. The molecule has 5 heteroatoms. The summed E-state index contributed by atoms with van der Waals surface area (Å²) < 4.78 is 13.5. The van der Waals surface area contributed by atoms with E-state index in [1.54, 1.807) is 18.2 Å². The number of phenols is 1. The largest absolute Gasteiger partial charge is 0.508 e. The Kier molecular flexibility index (Phi) is 4.32. The van der Waals surface area contributed by atoms with Gasteiger partial charge in [-0.25, -0.2) is 4.39 Å². The zero-order chi connectivity index (χ0) is 14.5. The molecule has 0 aliphatic heterocycles. The van der Waals surface area contributed by atoms with Crippen molar-refractivity contribution >= 4 is 5.97 Å². The number of rotatable bonds is 5. The van der Waals surface area contributed by atoms with Gasteiger partial charge in [-0.3, -0.25) is 10.1 Å².